The fourth-order valence-corrected chi connectivity index (χ4v) is 12.2. The van der Waals surface area contributed by atoms with E-state index < -0.39 is 0 Å². The molecule has 326 valence electrons. The molecule has 5 heterocycles. The lowest BCUT2D eigenvalue weighted by molar-refractivity contribution is 0.954. The summed E-state index contributed by atoms with van der Waals surface area (Å²) >= 11 is 1.80. The predicted octanol–water partition coefficient (Wildman–Crippen LogP) is 16.5. The molecule has 0 saturated heterocycles. The quantitative estimate of drug-likeness (QED) is 0.167. The summed E-state index contributed by atoms with van der Waals surface area (Å²) in [5.74, 6) is 1.80. The van der Waals surface area contributed by atoms with Crippen molar-refractivity contribution in [1.82, 2.24) is 28.7 Å². The molecule has 6 nitrogen and oxygen atoms in total. The largest absolute Gasteiger partial charge is 0.309 e. The normalized spacial score (nSPS) is 12.0. The van der Waals surface area contributed by atoms with Gasteiger partial charge in [0, 0.05) is 75.0 Å². The highest BCUT2D eigenvalue weighted by molar-refractivity contribution is 7.25. The Morgan fingerprint density at radius 1 is 0.300 bits per heavy atom. The standard InChI is InChI=1S/C63H38N6S/c1-3-16-39(17-4-1)40-30-32-42(33-31-40)68-55-37-34-43(67-52-25-11-7-20-44(52)45-21-8-12-26-53(45)67)38-51(55)48-36-35-47-46-22-9-13-27-54(46)69(60(47)59(48)68)63-65-61(41-18-5-2-6-19-41)64-62(66-63)50-24-15-29-57-58(50)49-23-10-14-28-56(49)70-57/h1-38H. The van der Waals surface area contributed by atoms with Crippen molar-refractivity contribution in [2.24, 2.45) is 0 Å². The number of benzene rings is 10. The van der Waals surface area contributed by atoms with Gasteiger partial charge in [0.2, 0.25) is 5.95 Å². The number of fused-ring (bicyclic) bond motifs is 13. The zero-order chi connectivity index (χ0) is 45.9. The molecule has 70 heavy (non-hydrogen) atoms. The molecule has 0 spiro atoms. The lowest BCUT2D eigenvalue weighted by atomic mass is 10.1. The highest BCUT2D eigenvalue weighted by Gasteiger charge is 2.25. The molecule has 15 aromatic rings. The molecule has 0 aliphatic carbocycles. The van der Waals surface area contributed by atoms with Crippen LogP contribution in [0.1, 0.15) is 0 Å². The second-order valence-electron chi connectivity index (χ2n) is 18.0. The molecule has 0 radical (unpaired) electrons. The van der Waals surface area contributed by atoms with Crippen LogP contribution in [0.15, 0.2) is 231 Å². The molecule has 0 aliphatic rings. The Bertz CT molecular complexity index is 4530. The topological polar surface area (TPSA) is 53.5 Å². The summed E-state index contributed by atoms with van der Waals surface area (Å²) in [7, 11) is 0. The predicted molar refractivity (Wildman–Crippen MR) is 292 cm³/mol. The SMILES string of the molecule is c1ccc(-c2ccc(-n3c4ccc(-n5c6ccccc6c6ccccc65)cc4c4ccc5c6ccccc6n(-c6nc(-c7ccccc7)nc(-c7cccc8sc9ccccc9c78)n6)c5c43)cc2)cc1. The molecule has 15 rings (SSSR count). The zero-order valence-electron chi connectivity index (χ0n) is 37.5. The van der Waals surface area contributed by atoms with Gasteiger partial charge in [-0.2, -0.15) is 9.97 Å². The van der Waals surface area contributed by atoms with Crippen molar-refractivity contribution in [3.05, 3.63) is 231 Å². The van der Waals surface area contributed by atoms with E-state index >= 15 is 0 Å². The van der Waals surface area contributed by atoms with Crippen molar-refractivity contribution in [2.75, 3.05) is 0 Å². The van der Waals surface area contributed by atoms with E-state index in [1.165, 1.54) is 42.2 Å². The Labute approximate surface area is 405 Å². The summed E-state index contributed by atoms with van der Waals surface area (Å²) < 4.78 is 9.58. The Morgan fingerprint density at radius 2 is 0.814 bits per heavy atom. The van der Waals surface area contributed by atoms with E-state index in [1.807, 2.05) is 18.2 Å². The molecule has 5 aromatic heterocycles. The molecule has 0 fully saturated rings. The number of para-hydroxylation sites is 3. The number of nitrogens with zero attached hydrogens (tertiary/aromatic N) is 6. The fourth-order valence-electron chi connectivity index (χ4n) is 11.1. The van der Waals surface area contributed by atoms with E-state index in [0.29, 0.717) is 17.6 Å². The number of hydrogen-bond donors (Lipinski definition) is 0. The van der Waals surface area contributed by atoms with Gasteiger partial charge in [-0.05, 0) is 71.8 Å². The Morgan fingerprint density at radius 3 is 1.53 bits per heavy atom. The zero-order valence-corrected chi connectivity index (χ0v) is 38.3. The summed E-state index contributed by atoms with van der Waals surface area (Å²) in [6, 6.07) is 82.7. The van der Waals surface area contributed by atoms with Crippen molar-refractivity contribution in [3.63, 3.8) is 0 Å². The van der Waals surface area contributed by atoms with Crippen LogP contribution in [-0.2, 0) is 0 Å². The first kappa shape index (κ1) is 38.9. The first-order valence-corrected chi connectivity index (χ1v) is 24.4. The number of aromatic nitrogens is 6. The smallest absolute Gasteiger partial charge is 0.238 e. The maximum Gasteiger partial charge on any atom is 0.238 e. The van der Waals surface area contributed by atoms with E-state index in [9.17, 15) is 0 Å². The Kier molecular flexibility index (Phi) is 8.43. The average molecular weight is 911 g/mol. The minimum absolute atomic E-state index is 0.557. The van der Waals surface area contributed by atoms with Crippen molar-refractivity contribution >= 4 is 96.9 Å². The molecule has 0 N–H and O–H groups in total. The number of thiophene rings is 1. The van der Waals surface area contributed by atoms with Crippen LogP contribution >= 0.6 is 11.3 Å². The molecule has 0 aliphatic heterocycles. The lowest BCUT2D eigenvalue weighted by Gasteiger charge is -2.14. The third-order valence-corrected chi connectivity index (χ3v) is 15.3. The molecule has 0 bridgehead atoms. The van der Waals surface area contributed by atoms with Crippen LogP contribution in [0.4, 0.5) is 0 Å². The van der Waals surface area contributed by atoms with Crippen LogP contribution in [0.2, 0.25) is 0 Å². The highest BCUT2D eigenvalue weighted by atomic mass is 32.1. The van der Waals surface area contributed by atoms with Gasteiger partial charge < -0.3 is 9.13 Å². The van der Waals surface area contributed by atoms with Crippen LogP contribution < -0.4 is 0 Å². The molecule has 10 aromatic carbocycles. The van der Waals surface area contributed by atoms with Gasteiger partial charge in [0.05, 0.1) is 33.1 Å². The Balaban J connectivity index is 1.06. The Hall–Kier alpha value is -9.17. The van der Waals surface area contributed by atoms with Gasteiger partial charge >= 0.3 is 0 Å². The van der Waals surface area contributed by atoms with E-state index in [-0.39, 0.29) is 0 Å². The van der Waals surface area contributed by atoms with Crippen LogP contribution in [0, 0.1) is 0 Å². The van der Waals surface area contributed by atoms with Crippen molar-refractivity contribution in [3.8, 4) is 51.2 Å². The monoisotopic (exact) mass is 910 g/mol. The fraction of sp³-hybridized carbons (Fsp3) is 0. The molecule has 7 heteroatoms. The van der Waals surface area contributed by atoms with E-state index in [0.717, 1.165) is 77.1 Å². The summed E-state index contributed by atoms with van der Waals surface area (Å²) in [5, 5.41) is 9.34. The first-order chi connectivity index (χ1) is 34.7. The molecular weight excluding hydrogens is 873 g/mol. The van der Waals surface area contributed by atoms with Gasteiger partial charge in [-0.1, -0.05) is 170 Å². The van der Waals surface area contributed by atoms with Crippen LogP contribution in [0.25, 0.3) is 137 Å². The first-order valence-electron chi connectivity index (χ1n) is 23.6. The van der Waals surface area contributed by atoms with Gasteiger partial charge in [-0.3, -0.25) is 4.57 Å². The minimum Gasteiger partial charge on any atom is -0.309 e. The summed E-state index contributed by atoms with van der Waals surface area (Å²) in [5.41, 5.74) is 13.0. The van der Waals surface area contributed by atoms with Crippen LogP contribution in [-0.4, -0.2) is 28.7 Å². The highest BCUT2D eigenvalue weighted by Crippen LogP contribution is 2.44. The lowest BCUT2D eigenvalue weighted by Crippen LogP contribution is -2.07. The third kappa shape index (κ3) is 5.76. The average Bonchev–Trinajstić information content (AvgIpc) is 4.18. The number of hydrogen-bond acceptors (Lipinski definition) is 4. The summed E-state index contributed by atoms with van der Waals surface area (Å²) in [4.78, 5) is 16.3. The maximum atomic E-state index is 5.56. The second kappa shape index (κ2) is 15.2. The van der Waals surface area contributed by atoms with E-state index in [2.05, 4.69) is 226 Å². The number of rotatable bonds is 6. The van der Waals surface area contributed by atoms with Crippen molar-refractivity contribution < 1.29 is 0 Å². The van der Waals surface area contributed by atoms with Crippen molar-refractivity contribution in [2.45, 2.75) is 0 Å². The summed E-state index contributed by atoms with van der Waals surface area (Å²) in [6.07, 6.45) is 0. The van der Waals surface area contributed by atoms with Crippen LogP contribution in [0.5, 0.6) is 0 Å². The van der Waals surface area contributed by atoms with Gasteiger partial charge in [0.15, 0.2) is 11.6 Å². The van der Waals surface area contributed by atoms with Gasteiger partial charge in [0.1, 0.15) is 0 Å². The van der Waals surface area contributed by atoms with Crippen molar-refractivity contribution in [1.29, 1.82) is 0 Å². The molecule has 0 saturated carbocycles. The van der Waals surface area contributed by atoms with E-state index in [1.54, 1.807) is 11.3 Å². The minimum atomic E-state index is 0.557. The van der Waals surface area contributed by atoms with Gasteiger partial charge in [-0.25, -0.2) is 4.98 Å². The van der Waals surface area contributed by atoms with Gasteiger partial charge in [-0.15, -0.1) is 11.3 Å². The molecular formula is C63H38N6S. The molecule has 0 unspecified atom stereocenters. The van der Waals surface area contributed by atoms with E-state index in [4.69, 9.17) is 15.0 Å². The van der Waals surface area contributed by atoms with Crippen LogP contribution in [0.3, 0.4) is 0 Å². The maximum absolute atomic E-state index is 5.56. The summed E-state index contributed by atoms with van der Waals surface area (Å²) in [6.45, 7) is 0. The van der Waals surface area contributed by atoms with Gasteiger partial charge in [0.25, 0.3) is 0 Å². The third-order valence-electron chi connectivity index (χ3n) is 14.1. The second-order valence-corrected chi connectivity index (χ2v) is 19.0. The molecule has 0 amide bonds. The molecule has 0 atom stereocenters.